The highest BCUT2D eigenvalue weighted by Gasteiger charge is 2.19. The number of ether oxygens (including phenoxy) is 3. The molecule has 0 unspecified atom stereocenters. The molecule has 0 aromatic heterocycles. The third-order valence-electron chi connectivity index (χ3n) is 5.56. The number of hydrogen-bond acceptors (Lipinski definition) is 6. The molecule has 0 aliphatic carbocycles. The van der Waals surface area contributed by atoms with Crippen LogP contribution in [0.15, 0.2) is 60.4 Å². The van der Waals surface area contributed by atoms with Crippen LogP contribution in [-0.4, -0.2) is 31.1 Å². The van der Waals surface area contributed by atoms with Gasteiger partial charge in [0.25, 0.3) is 5.91 Å². The van der Waals surface area contributed by atoms with E-state index < -0.39 is 11.9 Å². The summed E-state index contributed by atoms with van der Waals surface area (Å²) in [5.41, 5.74) is 2.05. The molecule has 200 valence electrons. The van der Waals surface area contributed by atoms with E-state index in [4.69, 9.17) is 14.2 Å². The van der Waals surface area contributed by atoms with Crippen LogP contribution in [0.3, 0.4) is 0 Å². The highest BCUT2D eigenvalue weighted by molar-refractivity contribution is 6.05. The minimum absolute atomic E-state index is 0.201. The second-order valence-corrected chi connectivity index (χ2v) is 8.73. The fourth-order valence-electron chi connectivity index (χ4n) is 3.35. The van der Waals surface area contributed by atoms with Crippen molar-refractivity contribution in [3.8, 4) is 5.75 Å². The Morgan fingerprint density at radius 2 is 1.43 bits per heavy atom. The minimum Gasteiger partial charge on any atom is -0.462 e. The molecular formula is C30H39NO6. The first-order valence-electron chi connectivity index (χ1n) is 13.2. The van der Waals surface area contributed by atoms with Crippen molar-refractivity contribution in [2.24, 2.45) is 0 Å². The number of hydrogen-bond donors (Lipinski definition) is 1. The van der Waals surface area contributed by atoms with Crippen molar-refractivity contribution >= 4 is 23.5 Å². The second-order valence-electron chi connectivity index (χ2n) is 8.73. The number of benzene rings is 2. The van der Waals surface area contributed by atoms with Gasteiger partial charge in [0.05, 0.1) is 25.0 Å². The maximum atomic E-state index is 12.9. The SMILES string of the molecule is CCCCCc1ccc(C(=O)Nc2ccccc2O/C(=C/C(=O)OCCCC)C(=O)OCCCC)cc1. The number of esters is 2. The molecular weight excluding hydrogens is 470 g/mol. The Kier molecular flexibility index (Phi) is 13.6. The Labute approximate surface area is 220 Å². The normalized spacial score (nSPS) is 11.1. The van der Waals surface area contributed by atoms with Crippen molar-refractivity contribution in [1.82, 2.24) is 0 Å². The van der Waals surface area contributed by atoms with Gasteiger partial charge in [0, 0.05) is 5.56 Å². The third-order valence-corrected chi connectivity index (χ3v) is 5.56. The van der Waals surface area contributed by atoms with E-state index in [1.54, 1.807) is 36.4 Å². The quantitative estimate of drug-likeness (QED) is 0.118. The van der Waals surface area contributed by atoms with Crippen LogP contribution in [0.25, 0.3) is 0 Å². The molecule has 0 fully saturated rings. The maximum Gasteiger partial charge on any atom is 0.374 e. The monoisotopic (exact) mass is 509 g/mol. The molecule has 0 saturated carbocycles. The van der Waals surface area contributed by atoms with E-state index in [1.165, 1.54) is 12.0 Å². The van der Waals surface area contributed by atoms with Crippen LogP contribution in [-0.2, 0) is 25.5 Å². The molecule has 0 radical (unpaired) electrons. The first kappa shape index (κ1) is 29.6. The lowest BCUT2D eigenvalue weighted by molar-refractivity contribution is -0.143. The topological polar surface area (TPSA) is 90.9 Å². The van der Waals surface area contributed by atoms with Crippen molar-refractivity contribution in [2.45, 2.75) is 72.1 Å². The standard InChI is InChI=1S/C30H39NO6/c1-4-7-10-13-23-16-18-24(19-17-23)29(33)31-25-14-11-12-15-26(25)37-27(30(34)36-21-9-6-3)22-28(32)35-20-8-5-2/h11-12,14-19,22H,4-10,13,20-21H2,1-3H3,(H,31,33)/b27-22+. The van der Waals surface area contributed by atoms with Gasteiger partial charge in [-0.25, -0.2) is 9.59 Å². The molecule has 0 aliphatic rings. The third kappa shape index (κ3) is 10.9. The summed E-state index contributed by atoms with van der Waals surface area (Å²) < 4.78 is 16.2. The average Bonchev–Trinajstić information content (AvgIpc) is 2.90. The first-order chi connectivity index (χ1) is 18.0. The molecule has 7 nitrogen and oxygen atoms in total. The van der Waals surface area contributed by atoms with Crippen LogP contribution < -0.4 is 10.1 Å². The zero-order chi connectivity index (χ0) is 26.9. The Morgan fingerprint density at radius 3 is 2.11 bits per heavy atom. The molecule has 0 spiro atoms. The number of nitrogens with one attached hydrogen (secondary N) is 1. The lowest BCUT2D eigenvalue weighted by Crippen LogP contribution is -2.18. The van der Waals surface area contributed by atoms with Gasteiger partial charge in [-0.3, -0.25) is 4.79 Å². The van der Waals surface area contributed by atoms with Crippen LogP contribution in [0, 0.1) is 0 Å². The van der Waals surface area contributed by atoms with Crippen LogP contribution in [0.4, 0.5) is 5.69 Å². The first-order valence-corrected chi connectivity index (χ1v) is 13.2. The molecule has 2 aromatic carbocycles. The lowest BCUT2D eigenvalue weighted by atomic mass is 10.1. The van der Waals surface area contributed by atoms with Crippen molar-refractivity contribution in [3.05, 3.63) is 71.5 Å². The molecule has 37 heavy (non-hydrogen) atoms. The summed E-state index contributed by atoms with van der Waals surface area (Å²) >= 11 is 0. The highest BCUT2D eigenvalue weighted by atomic mass is 16.6. The zero-order valence-electron chi connectivity index (χ0n) is 22.2. The van der Waals surface area contributed by atoms with Gasteiger partial charge in [-0.05, 0) is 55.5 Å². The van der Waals surface area contributed by atoms with Gasteiger partial charge in [-0.15, -0.1) is 0 Å². The number of carbonyl (C=O) groups is 3. The fourth-order valence-corrected chi connectivity index (χ4v) is 3.35. The molecule has 1 N–H and O–H groups in total. The van der Waals surface area contributed by atoms with Crippen LogP contribution in [0.5, 0.6) is 5.75 Å². The summed E-state index contributed by atoms with van der Waals surface area (Å²) in [5, 5.41) is 2.83. The number of rotatable bonds is 16. The van der Waals surface area contributed by atoms with E-state index in [0.29, 0.717) is 24.1 Å². The molecule has 7 heteroatoms. The summed E-state index contributed by atoms with van der Waals surface area (Å²) in [4.78, 5) is 37.8. The summed E-state index contributed by atoms with van der Waals surface area (Å²) in [6.45, 7) is 6.58. The number of anilines is 1. The average molecular weight is 510 g/mol. The second kappa shape index (κ2) is 17.0. The summed E-state index contributed by atoms with van der Waals surface area (Å²) in [6.07, 6.45) is 8.55. The van der Waals surface area contributed by atoms with Gasteiger partial charge in [0.1, 0.15) is 0 Å². The lowest BCUT2D eigenvalue weighted by Gasteiger charge is -2.14. The van der Waals surface area contributed by atoms with E-state index in [2.05, 4.69) is 12.2 Å². The predicted octanol–water partition coefficient (Wildman–Crippen LogP) is 6.62. The zero-order valence-corrected chi connectivity index (χ0v) is 22.2. The highest BCUT2D eigenvalue weighted by Crippen LogP contribution is 2.27. The molecule has 0 heterocycles. The van der Waals surface area contributed by atoms with Crippen LogP contribution in [0.2, 0.25) is 0 Å². The van der Waals surface area contributed by atoms with Crippen molar-refractivity contribution in [3.63, 3.8) is 0 Å². The van der Waals surface area contributed by atoms with Gasteiger partial charge in [0.2, 0.25) is 5.76 Å². The largest absolute Gasteiger partial charge is 0.462 e. The summed E-state index contributed by atoms with van der Waals surface area (Å²) in [7, 11) is 0. The van der Waals surface area contributed by atoms with Gasteiger partial charge in [-0.2, -0.15) is 0 Å². The number of unbranched alkanes of at least 4 members (excludes halogenated alkanes) is 4. The van der Waals surface area contributed by atoms with Gasteiger partial charge in [-0.1, -0.05) is 70.7 Å². The smallest absolute Gasteiger partial charge is 0.374 e. The van der Waals surface area contributed by atoms with E-state index in [9.17, 15) is 14.4 Å². The van der Waals surface area contributed by atoms with E-state index >= 15 is 0 Å². The molecule has 0 saturated heterocycles. The van der Waals surface area contributed by atoms with Crippen LogP contribution in [0.1, 0.15) is 81.6 Å². The number of aryl methyl sites for hydroxylation is 1. The fraction of sp³-hybridized carbons (Fsp3) is 0.433. The van der Waals surface area contributed by atoms with Gasteiger partial charge >= 0.3 is 11.9 Å². The van der Waals surface area contributed by atoms with E-state index in [1.807, 2.05) is 26.0 Å². The Hall–Kier alpha value is -3.61. The molecule has 0 aliphatic heterocycles. The number of amides is 1. The van der Waals surface area contributed by atoms with Crippen molar-refractivity contribution in [2.75, 3.05) is 18.5 Å². The summed E-state index contributed by atoms with van der Waals surface area (Å²) in [6, 6.07) is 14.2. The molecule has 2 aromatic rings. The number of para-hydroxylation sites is 2. The molecule has 0 atom stereocenters. The Morgan fingerprint density at radius 1 is 0.784 bits per heavy atom. The minimum atomic E-state index is -0.777. The molecule has 1 amide bonds. The molecule has 2 rings (SSSR count). The maximum absolute atomic E-state index is 12.9. The predicted molar refractivity (Wildman–Crippen MR) is 145 cm³/mol. The summed E-state index contributed by atoms with van der Waals surface area (Å²) in [5.74, 6) is -1.90. The van der Waals surface area contributed by atoms with E-state index in [-0.39, 0.29) is 30.6 Å². The Balaban J connectivity index is 2.16. The van der Waals surface area contributed by atoms with Gasteiger partial charge in [0.15, 0.2) is 5.75 Å². The Bertz CT molecular complexity index is 1030. The van der Waals surface area contributed by atoms with Crippen molar-refractivity contribution in [1.29, 1.82) is 0 Å². The van der Waals surface area contributed by atoms with Gasteiger partial charge < -0.3 is 19.5 Å². The van der Waals surface area contributed by atoms with Crippen molar-refractivity contribution < 1.29 is 28.6 Å². The molecule has 0 bridgehead atoms. The van der Waals surface area contributed by atoms with Crippen LogP contribution >= 0.6 is 0 Å². The van der Waals surface area contributed by atoms with E-state index in [0.717, 1.165) is 38.2 Å². The number of carbonyl (C=O) groups excluding carboxylic acids is 3.